The highest BCUT2D eigenvalue weighted by atomic mass is 79.9. The molecule has 2 nitrogen and oxygen atoms in total. The van der Waals surface area contributed by atoms with Crippen LogP contribution in [0.2, 0.25) is 5.02 Å². The lowest BCUT2D eigenvalue weighted by molar-refractivity contribution is 0.430. The molecule has 4 heteroatoms. The normalized spacial score (nSPS) is 26.9. The van der Waals surface area contributed by atoms with E-state index >= 15 is 0 Å². The van der Waals surface area contributed by atoms with E-state index in [1.165, 1.54) is 31.4 Å². The molecule has 2 rings (SSSR count). The van der Waals surface area contributed by atoms with Crippen molar-refractivity contribution in [1.82, 2.24) is 9.78 Å². The Balaban J connectivity index is 2.23. The summed E-state index contributed by atoms with van der Waals surface area (Å²) in [7, 11) is 0. The van der Waals surface area contributed by atoms with E-state index in [1.807, 2.05) is 4.68 Å². The summed E-state index contributed by atoms with van der Waals surface area (Å²) in [6.07, 6.45) is 6.78. The molecule has 0 aliphatic heterocycles. The Kier molecular flexibility index (Phi) is 3.73. The van der Waals surface area contributed by atoms with Gasteiger partial charge in [-0.3, -0.25) is 4.68 Å². The minimum atomic E-state index is 0.582. The summed E-state index contributed by atoms with van der Waals surface area (Å²) in [6, 6.07) is 0. The van der Waals surface area contributed by atoms with Crippen LogP contribution >= 0.6 is 27.5 Å². The van der Waals surface area contributed by atoms with E-state index in [2.05, 4.69) is 28.0 Å². The Hall–Kier alpha value is -0.0200. The van der Waals surface area contributed by atoms with Crippen LogP contribution in [0.5, 0.6) is 0 Å². The highest BCUT2D eigenvalue weighted by Gasteiger charge is 2.25. The number of hydrogen-bond acceptors (Lipinski definition) is 1. The molecule has 1 aromatic heterocycles. The summed E-state index contributed by atoms with van der Waals surface area (Å²) >= 11 is 9.92. The van der Waals surface area contributed by atoms with Gasteiger partial charge in [-0.2, -0.15) is 5.10 Å². The third-order valence-electron chi connectivity index (χ3n) is 3.13. The van der Waals surface area contributed by atoms with Crippen molar-refractivity contribution in [3.63, 3.8) is 0 Å². The first-order valence-electron chi connectivity index (χ1n) is 5.57. The monoisotopic (exact) mass is 290 g/mol. The van der Waals surface area contributed by atoms with Crippen LogP contribution in [0.25, 0.3) is 0 Å². The number of aryl methyl sites for hydroxylation is 1. The van der Waals surface area contributed by atoms with Crippen LogP contribution in [-0.4, -0.2) is 14.6 Å². The molecule has 1 aliphatic carbocycles. The van der Waals surface area contributed by atoms with Crippen LogP contribution in [0, 0.1) is 0 Å². The van der Waals surface area contributed by atoms with Crippen molar-refractivity contribution < 1.29 is 0 Å². The molecule has 0 bridgehead atoms. The van der Waals surface area contributed by atoms with Crippen LogP contribution in [0.4, 0.5) is 0 Å². The van der Waals surface area contributed by atoms with Crippen LogP contribution in [0.15, 0.2) is 6.20 Å². The van der Waals surface area contributed by atoms with Gasteiger partial charge in [0.05, 0.1) is 16.9 Å². The fourth-order valence-electron chi connectivity index (χ4n) is 2.41. The van der Waals surface area contributed by atoms with Crippen LogP contribution in [0.1, 0.15) is 44.2 Å². The zero-order chi connectivity index (χ0) is 10.8. The third-order valence-corrected chi connectivity index (χ3v) is 4.25. The van der Waals surface area contributed by atoms with Gasteiger partial charge >= 0.3 is 0 Å². The average molecular weight is 292 g/mol. The van der Waals surface area contributed by atoms with Gasteiger partial charge in [0.1, 0.15) is 0 Å². The predicted molar refractivity (Wildman–Crippen MR) is 66.8 cm³/mol. The lowest BCUT2D eigenvalue weighted by atomic mass is 9.87. The summed E-state index contributed by atoms with van der Waals surface area (Å²) in [5.41, 5.74) is 1.24. The summed E-state index contributed by atoms with van der Waals surface area (Å²) in [6.45, 7) is 3.02. The molecule has 84 valence electrons. The summed E-state index contributed by atoms with van der Waals surface area (Å²) in [5.74, 6) is 0.582. The number of alkyl halides is 1. The standard InChI is InChI=1S/C11H16BrClN2/c1-2-15-11(10(13)7-14-15)8-4-3-5-9(12)6-8/h7-9H,2-6H2,1H3. The van der Waals surface area contributed by atoms with Gasteiger partial charge in [-0.1, -0.05) is 34.0 Å². The molecule has 1 aliphatic rings. The summed E-state index contributed by atoms with van der Waals surface area (Å²) in [4.78, 5) is 0.646. The van der Waals surface area contributed by atoms with Crippen LogP contribution < -0.4 is 0 Å². The highest BCUT2D eigenvalue weighted by molar-refractivity contribution is 9.09. The fourth-order valence-corrected chi connectivity index (χ4v) is 3.48. The fraction of sp³-hybridized carbons (Fsp3) is 0.727. The molecule has 1 aromatic rings. The molecule has 15 heavy (non-hydrogen) atoms. The van der Waals surface area contributed by atoms with Crippen molar-refractivity contribution >= 4 is 27.5 Å². The van der Waals surface area contributed by atoms with Gasteiger partial charge in [-0.05, 0) is 26.2 Å². The second-order valence-electron chi connectivity index (χ2n) is 4.15. The Bertz CT molecular complexity index is 337. The van der Waals surface area contributed by atoms with Crippen molar-refractivity contribution in [2.45, 2.75) is 49.9 Å². The summed E-state index contributed by atoms with van der Waals surface area (Å²) < 4.78 is 2.04. The van der Waals surface area contributed by atoms with E-state index in [1.54, 1.807) is 6.20 Å². The first-order chi connectivity index (χ1) is 7.22. The Morgan fingerprint density at radius 1 is 1.60 bits per heavy atom. The molecule has 0 amide bonds. The van der Waals surface area contributed by atoms with Crippen LogP contribution in [0.3, 0.4) is 0 Å². The number of halogens is 2. The number of aromatic nitrogens is 2. The van der Waals surface area contributed by atoms with E-state index in [0.717, 1.165) is 11.6 Å². The quantitative estimate of drug-likeness (QED) is 0.754. The second kappa shape index (κ2) is 4.88. The van der Waals surface area contributed by atoms with E-state index in [9.17, 15) is 0 Å². The van der Waals surface area contributed by atoms with Crippen molar-refractivity contribution in [1.29, 1.82) is 0 Å². The zero-order valence-electron chi connectivity index (χ0n) is 8.92. The maximum atomic E-state index is 6.21. The van der Waals surface area contributed by atoms with Crippen molar-refractivity contribution in [2.24, 2.45) is 0 Å². The third kappa shape index (κ3) is 2.39. The Morgan fingerprint density at radius 3 is 3.07 bits per heavy atom. The topological polar surface area (TPSA) is 17.8 Å². The van der Waals surface area contributed by atoms with E-state index in [4.69, 9.17) is 11.6 Å². The van der Waals surface area contributed by atoms with E-state index < -0.39 is 0 Å². The maximum Gasteiger partial charge on any atom is 0.0820 e. The molecular formula is C11H16BrClN2. The van der Waals surface area contributed by atoms with Gasteiger partial charge in [-0.25, -0.2) is 0 Å². The SMILES string of the molecule is CCn1ncc(Cl)c1C1CCCC(Br)C1. The number of rotatable bonds is 2. The molecule has 0 N–H and O–H groups in total. The van der Waals surface area contributed by atoms with Gasteiger partial charge in [0.25, 0.3) is 0 Å². The van der Waals surface area contributed by atoms with E-state index in [0.29, 0.717) is 10.7 Å². The van der Waals surface area contributed by atoms with Crippen LogP contribution in [-0.2, 0) is 6.54 Å². The maximum absolute atomic E-state index is 6.21. The Labute approximate surface area is 104 Å². The van der Waals surface area contributed by atoms with Gasteiger partial charge in [0.2, 0.25) is 0 Å². The average Bonchev–Trinajstić information content (AvgIpc) is 2.59. The smallest absolute Gasteiger partial charge is 0.0820 e. The van der Waals surface area contributed by atoms with Crippen molar-refractivity contribution in [3.05, 3.63) is 16.9 Å². The van der Waals surface area contributed by atoms with Crippen molar-refractivity contribution in [2.75, 3.05) is 0 Å². The molecule has 2 atom stereocenters. The number of nitrogens with zero attached hydrogens (tertiary/aromatic N) is 2. The minimum Gasteiger partial charge on any atom is -0.268 e. The first-order valence-corrected chi connectivity index (χ1v) is 6.87. The molecular weight excluding hydrogens is 275 g/mol. The first kappa shape index (κ1) is 11.5. The van der Waals surface area contributed by atoms with Crippen molar-refractivity contribution in [3.8, 4) is 0 Å². The van der Waals surface area contributed by atoms with Gasteiger partial charge in [-0.15, -0.1) is 0 Å². The molecule has 1 saturated carbocycles. The minimum absolute atomic E-state index is 0.582. The molecule has 0 radical (unpaired) electrons. The van der Waals surface area contributed by atoms with Gasteiger partial charge in [0, 0.05) is 17.3 Å². The summed E-state index contributed by atoms with van der Waals surface area (Å²) in [5, 5.41) is 5.14. The lowest BCUT2D eigenvalue weighted by Crippen LogP contribution is -2.17. The predicted octanol–water partition coefficient (Wildman–Crippen LogP) is 3.98. The molecule has 1 fully saturated rings. The highest BCUT2D eigenvalue weighted by Crippen LogP contribution is 2.38. The molecule has 1 heterocycles. The largest absolute Gasteiger partial charge is 0.268 e. The van der Waals surface area contributed by atoms with Gasteiger partial charge in [0.15, 0.2) is 0 Å². The number of hydrogen-bond donors (Lipinski definition) is 0. The molecule has 2 unspecified atom stereocenters. The molecule has 0 saturated heterocycles. The second-order valence-corrected chi connectivity index (χ2v) is 5.86. The Morgan fingerprint density at radius 2 is 2.40 bits per heavy atom. The zero-order valence-corrected chi connectivity index (χ0v) is 11.3. The lowest BCUT2D eigenvalue weighted by Gasteiger charge is -2.26. The van der Waals surface area contributed by atoms with E-state index in [-0.39, 0.29) is 0 Å². The van der Waals surface area contributed by atoms with Gasteiger partial charge < -0.3 is 0 Å². The molecule has 0 spiro atoms. The molecule has 0 aromatic carbocycles.